The molecule has 1 aromatic heterocycles. The van der Waals surface area contributed by atoms with Crippen LogP contribution in [0.25, 0.3) is 5.70 Å². The molecule has 106 valence electrons. The van der Waals surface area contributed by atoms with Gasteiger partial charge in [-0.05, 0) is 19.1 Å². The van der Waals surface area contributed by atoms with Crippen molar-refractivity contribution >= 4 is 11.6 Å². The molecule has 0 aromatic carbocycles. The SMILES string of the molecule is CC1(C(N)=O)C=CC=C(n2ncc3c2CN(C#N)C3)C=C1. The first-order valence-electron chi connectivity index (χ1n) is 6.63. The second-order valence-electron chi connectivity index (χ2n) is 5.42. The molecule has 1 aliphatic carbocycles. The highest BCUT2D eigenvalue weighted by Crippen LogP contribution is 2.28. The molecule has 1 aromatic rings. The van der Waals surface area contributed by atoms with Crippen molar-refractivity contribution in [2.24, 2.45) is 11.1 Å². The summed E-state index contributed by atoms with van der Waals surface area (Å²) in [6.07, 6.45) is 13.0. The minimum atomic E-state index is -0.798. The van der Waals surface area contributed by atoms with Crippen LogP contribution in [-0.4, -0.2) is 20.6 Å². The maximum Gasteiger partial charge on any atom is 0.231 e. The smallest absolute Gasteiger partial charge is 0.231 e. The number of rotatable bonds is 2. The van der Waals surface area contributed by atoms with Gasteiger partial charge < -0.3 is 10.6 Å². The van der Waals surface area contributed by atoms with E-state index in [-0.39, 0.29) is 0 Å². The molecule has 1 amide bonds. The third-order valence-corrected chi connectivity index (χ3v) is 3.88. The van der Waals surface area contributed by atoms with E-state index in [9.17, 15) is 4.79 Å². The third-order valence-electron chi connectivity index (χ3n) is 3.88. The van der Waals surface area contributed by atoms with Crippen molar-refractivity contribution in [2.45, 2.75) is 20.0 Å². The topological polar surface area (TPSA) is 87.9 Å². The molecule has 21 heavy (non-hydrogen) atoms. The number of nitrogens with two attached hydrogens (primary N) is 1. The lowest BCUT2D eigenvalue weighted by molar-refractivity contribution is -0.122. The van der Waals surface area contributed by atoms with E-state index < -0.39 is 11.3 Å². The van der Waals surface area contributed by atoms with Gasteiger partial charge >= 0.3 is 0 Å². The van der Waals surface area contributed by atoms with Gasteiger partial charge in [-0.1, -0.05) is 18.2 Å². The lowest BCUT2D eigenvalue weighted by Crippen LogP contribution is -2.30. The summed E-state index contributed by atoms with van der Waals surface area (Å²) < 4.78 is 1.81. The minimum absolute atomic E-state index is 0.397. The number of hydrogen-bond donors (Lipinski definition) is 1. The van der Waals surface area contributed by atoms with Crippen molar-refractivity contribution in [1.82, 2.24) is 14.7 Å². The summed E-state index contributed by atoms with van der Waals surface area (Å²) in [5, 5.41) is 13.4. The largest absolute Gasteiger partial charge is 0.369 e. The van der Waals surface area contributed by atoms with Crippen molar-refractivity contribution in [1.29, 1.82) is 5.26 Å². The number of carbonyl (C=O) groups is 1. The Labute approximate surface area is 122 Å². The number of aromatic nitrogens is 2. The van der Waals surface area contributed by atoms with E-state index in [2.05, 4.69) is 11.3 Å². The van der Waals surface area contributed by atoms with Gasteiger partial charge in [0.2, 0.25) is 5.91 Å². The summed E-state index contributed by atoms with van der Waals surface area (Å²) in [5.41, 5.74) is 7.53. The molecule has 1 aliphatic heterocycles. The number of amides is 1. The third kappa shape index (κ3) is 2.13. The molecule has 2 aliphatic rings. The monoisotopic (exact) mass is 281 g/mol. The Kier molecular flexibility index (Phi) is 2.91. The van der Waals surface area contributed by atoms with Crippen molar-refractivity contribution in [3.63, 3.8) is 0 Å². The summed E-state index contributed by atoms with van der Waals surface area (Å²) >= 11 is 0. The van der Waals surface area contributed by atoms with Gasteiger partial charge in [0.25, 0.3) is 0 Å². The Hall–Kier alpha value is -2.81. The van der Waals surface area contributed by atoms with E-state index in [1.807, 2.05) is 18.2 Å². The van der Waals surface area contributed by atoms with Gasteiger partial charge in [-0.2, -0.15) is 10.4 Å². The molecule has 1 unspecified atom stereocenters. The highest BCUT2D eigenvalue weighted by molar-refractivity contribution is 5.86. The van der Waals surface area contributed by atoms with Crippen LogP contribution in [0.4, 0.5) is 0 Å². The summed E-state index contributed by atoms with van der Waals surface area (Å²) in [7, 11) is 0. The van der Waals surface area contributed by atoms with Crippen molar-refractivity contribution in [3.8, 4) is 6.19 Å². The molecular formula is C15H15N5O. The van der Waals surface area contributed by atoms with Crippen LogP contribution in [0, 0.1) is 16.9 Å². The predicted molar refractivity (Wildman–Crippen MR) is 76.9 cm³/mol. The molecule has 0 fully saturated rings. The zero-order chi connectivity index (χ0) is 15.0. The standard InChI is InChI=1S/C15H15N5O/c1-15(14(17)21)5-2-3-12(4-6-15)20-13-9-19(10-16)8-11(13)7-18-20/h2-7H,8-9H2,1H3,(H2,17,21). The Balaban J connectivity index is 1.95. The number of fused-ring (bicyclic) bond motifs is 1. The second-order valence-corrected chi connectivity index (χ2v) is 5.42. The molecule has 0 saturated heterocycles. The van der Waals surface area contributed by atoms with E-state index >= 15 is 0 Å². The van der Waals surface area contributed by atoms with E-state index in [0.29, 0.717) is 13.1 Å². The van der Waals surface area contributed by atoms with Gasteiger partial charge in [-0.15, -0.1) is 0 Å². The highest BCUT2D eigenvalue weighted by Gasteiger charge is 2.27. The number of carbonyl (C=O) groups excluding carboxylic acids is 1. The lowest BCUT2D eigenvalue weighted by atomic mass is 9.89. The fourth-order valence-corrected chi connectivity index (χ4v) is 2.47. The van der Waals surface area contributed by atoms with Crippen molar-refractivity contribution < 1.29 is 4.79 Å². The summed E-state index contributed by atoms with van der Waals surface area (Å²) in [5.74, 6) is -0.397. The Morgan fingerprint density at radius 1 is 1.48 bits per heavy atom. The van der Waals surface area contributed by atoms with Gasteiger partial charge in [-0.3, -0.25) is 4.79 Å². The predicted octanol–water partition coefficient (Wildman–Crippen LogP) is 1.14. The molecule has 2 N–H and O–H groups in total. The summed E-state index contributed by atoms with van der Waals surface area (Å²) in [4.78, 5) is 13.2. The number of allylic oxidation sites excluding steroid dienone is 4. The molecular weight excluding hydrogens is 266 g/mol. The normalized spacial score (nSPS) is 23.4. The summed E-state index contributed by atoms with van der Waals surface area (Å²) in [6, 6.07) is 0. The molecule has 3 rings (SSSR count). The molecule has 6 nitrogen and oxygen atoms in total. The molecule has 1 atom stereocenters. The fraction of sp³-hybridized carbons (Fsp3) is 0.267. The Bertz CT molecular complexity index is 734. The van der Waals surface area contributed by atoms with Gasteiger partial charge in [0.05, 0.1) is 36.1 Å². The quantitative estimate of drug-likeness (QED) is 0.823. The lowest BCUT2D eigenvalue weighted by Gasteiger charge is -2.15. The zero-order valence-electron chi connectivity index (χ0n) is 11.7. The van der Waals surface area contributed by atoms with Crippen LogP contribution >= 0.6 is 0 Å². The van der Waals surface area contributed by atoms with E-state index in [4.69, 9.17) is 11.0 Å². The van der Waals surface area contributed by atoms with Crippen LogP contribution < -0.4 is 5.73 Å². The molecule has 0 spiro atoms. The molecule has 0 radical (unpaired) electrons. The van der Waals surface area contributed by atoms with Gasteiger partial charge in [-0.25, -0.2) is 4.68 Å². The van der Waals surface area contributed by atoms with Gasteiger partial charge in [0.1, 0.15) is 0 Å². The first-order chi connectivity index (χ1) is 10.0. The zero-order valence-corrected chi connectivity index (χ0v) is 11.7. The van der Waals surface area contributed by atoms with Crippen LogP contribution in [0.2, 0.25) is 0 Å². The van der Waals surface area contributed by atoms with Crippen LogP contribution in [0.3, 0.4) is 0 Å². The first-order valence-corrected chi connectivity index (χ1v) is 6.63. The molecule has 0 bridgehead atoms. The fourth-order valence-electron chi connectivity index (χ4n) is 2.47. The Morgan fingerprint density at radius 2 is 2.29 bits per heavy atom. The highest BCUT2D eigenvalue weighted by atomic mass is 16.1. The number of nitriles is 1. The average Bonchev–Trinajstić information content (AvgIpc) is 2.96. The second kappa shape index (κ2) is 4.63. The molecule has 6 heteroatoms. The number of nitrogens with zero attached hydrogens (tertiary/aromatic N) is 4. The van der Waals surface area contributed by atoms with Crippen LogP contribution in [-0.2, 0) is 17.9 Å². The van der Waals surface area contributed by atoms with Crippen molar-refractivity contribution in [2.75, 3.05) is 0 Å². The first kappa shape index (κ1) is 13.2. The average molecular weight is 281 g/mol. The molecule has 2 heterocycles. The van der Waals surface area contributed by atoms with Crippen molar-refractivity contribution in [3.05, 3.63) is 47.8 Å². The van der Waals surface area contributed by atoms with E-state index in [1.54, 1.807) is 34.9 Å². The Morgan fingerprint density at radius 3 is 3.00 bits per heavy atom. The minimum Gasteiger partial charge on any atom is -0.369 e. The van der Waals surface area contributed by atoms with Gasteiger partial charge in [0, 0.05) is 5.56 Å². The summed E-state index contributed by atoms with van der Waals surface area (Å²) in [6.45, 7) is 2.91. The van der Waals surface area contributed by atoms with Crippen LogP contribution in [0.15, 0.2) is 36.6 Å². The van der Waals surface area contributed by atoms with Crippen LogP contribution in [0.1, 0.15) is 18.2 Å². The molecule has 0 saturated carbocycles. The van der Waals surface area contributed by atoms with E-state index in [1.165, 1.54) is 0 Å². The number of hydrogen-bond acceptors (Lipinski definition) is 4. The maximum atomic E-state index is 11.5. The van der Waals surface area contributed by atoms with E-state index in [0.717, 1.165) is 17.0 Å². The van der Waals surface area contributed by atoms with Gasteiger partial charge in [0.15, 0.2) is 6.19 Å². The van der Waals surface area contributed by atoms with Crippen LogP contribution in [0.5, 0.6) is 0 Å². The maximum absolute atomic E-state index is 11.5. The number of primary amides is 1.